The fourth-order valence-corrected chi connectivity index (χ4v) is 6.15. The van der Waals surface area contributed by atoms with Gasteiger partial charge in [0, 0.05) is 6.54 Å². The predicted molar refractivity (Wildman–Crippen MR) is 150 cm³/mol. The van der Waals surface area contributed by atoms with Gasteiger partial charge in [-0.05, 0) is 73.1 Å². The van der Waals surface area contributed by atoms with Crippen LogP contribution in [0.4, 0.5) is 4.39 Å². The largest absolute Gasteiger partial charge is 0.493 e. The quantitative estimate of drug-likeness (QED) is 0.189. The molecule has 1 fully saturated rings. The Balaban J connectivity index is 1.73. The molecule has 0 radical (unpaired) electrons. The van der Waals surface area contributed by atoms with Crippen LogP contribution in [0.1, 0.15) is 64.4 Å². The fraction of sp³-hybridized carbons (Fsp3) is 0.429. The monoisotopic (exact) mass is 562 g/mol. The lowest BCUT2D eigenvalue weighted by molar-refractivity contribution is -0.122. The number of benzene rings is 2. The molecule has 0 aliphatic carbocycles. The number of rotatable bonds is 14. The molecule has 10 heteroatoms. The lowest BCUT2D eigenvalue weighted by atomic mass is 10.1. The topological polar surface area (TPSA) is 85.3 Å². The van der Waals surface area contributed by atoms with E-state index in [1.54, 1.807) is 32.2 Å². The maximum Gasteiger partial charge on any atom is 0.284 e. The summed E-state index contributed by atoms with van der Waals surface area (Å²) in [6.45, 7) is 4.76. The number of halogens is 1. The highest BCUT2D eigenvalue weighted by Gasteiger charge is 2.34. The van der Waals surface area contributed by atoms with Crippen molar-refractivity contribution in [3.8, 4) is 11.5 Å². The average molecular weight is 563 g/mol. The van der Waals surface area contributed by atoms with Crippen LogP contribution >= 0.6 is 11.8 Å². The SMILES string of the molecule is CCCCCCCCCOc1cc(C=C2SC(=NS(=O)(=O)c3ccc(F)cc3)N(CC)C2=O)ccc1OC. The van der Waals surface area contributed by atoms with E-state index in [2.05, 4.69) is 11.3 Å². The molecule has 0 N–H and O–H groups in total. The zero-order valence-corrected chi connectivity index (χ0v) is 23.7. The number of methoxy groups -OCH3 is 1. The summed E-state index contributed by atoms with van der Waals surface area (Å²) in [6.07, 6.45) is 9.97. The average Bonchev–Trinajstić information content (AvgIpc) is 3.18. The van der Waals surface area contributed by atoms with E-state index in [9.17, 15) is 17.6 Å². The molecule has 0 unspecified atom stereocenters. The Bertz CT molecular complexity index is 1260. The molecule has 1 aliphatic rings. The summed E-state index contributed by atoms with van der Waals surface area (Å²) in [7, 11) is -2.54. The van der Waals surface area contributed by atoms with Crippen LogP contribution in [0.25, 0.3) is 6.08 Å². The number of thioether (sulfide) groups is 1. The highest BCUT2D eigenvalue weighted by molar-refractivity contribution is 8.19. The van der Waals surface area contributed by atoms with Gasteiger partial charge in [0.25, 0.3) is 15.9 Å². The summed E-state index contributed by atoms with van der Waals surface area (Å²) in [5.41, 5.74) is 0.718. The van der Waals surface area contributed by atoms with E-state index >= 15 is 0 Å². The highest BCUT2D eigenvalue weighted by atomic mass is 32.2. The number of sulfonamides is 1. The third-order valence-corrected chi connectivity index (χ3v) is 8.41. The number of amides is 1. The van der Waals surface area contributed by atoms with Gasteiger partial charge in [-0.25, -0.2) is 4.39 Å². The van der Waals surface area contributed by atoms with E-state index in [0.717, 1.165) is 54.4 Å². The number of carbonyl (C=O) groups excluding carboxylic acids is 1. The Morgan fingerprint density at radius 2 is 1.66 bits per heavy atom. The predicted octanol–water partition coefficient (Wildman–Crippen LogP) is 6.64. The normalized spacial score (nSPS) is 16.0. The zero-order chi connectivity index (χ0) is 27.5. The van der Waals surface area contributed by atoms with E-state index in [1.807, 2.05) is 6.07 Å². The lowest BCUT2D eigenvalue weighted by Gasteiger charge is -2.12. The highest BCUT2D eigenvalue weighted by Crippen LogP contribution is 2.35. The van der Waals surface area contributed by atoms with Gasteiger partial charge < -0.3 is 9.47 Å². The first-order chi connectivity index (χ1) is 18.3. The maximum absolute atomic E-state index is 13.2. The van der Waals surface area contributed by atoms with Gasteiger partial charge in [0.2, 0.25) is 0 Å². The van der Waals surface area contributed by atoms with Crippen molar-refractivity contribution in [3.63, 3.8) is 0 Å². The molecule has 2 aromatic rings. The number of amidine groups is 1. The first-order valence-electron chi connectivity index (χ1n) is 12.9. The Morgan fingerprint density at radius 1 is 0.974 bits per heavy atom. The summed E-state index contributed by atoms with van der Waals surface area (Å²) in [5, 5.41) is 0.0528. The van der Waals surface area contributed by atoms with Crippen LogP contribution in [-0.4, -0.2) is 44.7 Å². The maximum atomic E-state index is 13.2. The lowest BCUT2D eigenvalue weighted by Crippen LogP contribution is -2.29. The van der Waals surface area contributed by atoms with E-state index in [-0.39, 0.29) is 22.5 Å². The number of ether oxygens (including phenoxy) is 2. The van der Waals surface area contributed by atoms with Crippen molar-refractivity contribution in [1.82, 2.24) is 4.90 Å². The van der Waals surface area contributed by atoms with Crippen LogP contribution in [0.15, 0.2) is 56.7 Å². The third kappa shape index (κ3) is 8.07. The Hall–Kier alpha value is -2.85. The minimum atomic E-state index is -4.12. The molecule has 1 heterocycles. The fourth-order valence-electron chi connectivity index (χ4n) is 3.91. The van der Waals surface area contributed by atoms with Gasteiger partial charge in [0.15, 0.2) is 16.7 Å². The number of hydrogen-bond acceptors (Lipinski definition) is 6. The van der Waals surface area contributed by atoms with Crippen molar-refractivity contribution in [2.45, 2.75) is 63.7 Å². The molecular weight excluding hydrogens is 527 g/mol. The van der Waals surface area contributed by atoms with E-state index in [0.29, 0.717) is 23.0 Å². The summed E-state index contributed by atoms with van der Waals surface area (Å²) in [5.74, 6) is 0.298. The van der Waals surface area contributed by atoms with Gasteiger partial charge >= 0.3 is 0 Å². The van der Waals surface area contributed by atoms with Crippen LogP contribution in [0.3, 0.4) is 0 Å². The molecule has 1 amide bonds. The Labute approximate surface area is 229 Å². The molecule has 7 nitrogen and oxygen atoms in total. The molecule has 0 atom stereocenters. The molecule has 206 valence electrons. The third-order valence-electron chi connectivity index (χ3n) is 6.00. The smallest absolute Gasteiger partial charge is 0.284 e. The van der Waals surface area contributed by atoms with Crippen LogP contribution in [0, 0.1) is 5.82 Å². The van der Waals surface area contributed by atoms with Gasteiger partial charge in [-0.3, -0.25) is 9.69 Å². The molecule has 1 aliphatic heterocycles. The minimum Gasteiger partial charge on any atom is -0.493 e. The summed E-state index contributed by atoms with van der Waals surface area (Å²) < 4.78 is 54.0. The van der Waals surface area contributed by atoms with Crippen molar-refractivity contribution in [1.29, 1.82) is 0 Å². The van der Waals surface area contributed by atoms with Crippen molar-refractivity contribution in [2.24, 2.45) is 4.40 Å². The molecule has 3 rings (SSSR count). The van der Waals surface area contributed by atoms with Crippen LogP contribution in [0.5, 0.6) is 11.5 Å². The number of nitrogens with zero attached hydrogens (tertiary/aromatic N) is 2. The van der Waals surface area contributed by atoms with Gasteiger partial charge in [-0.2, -0.15) is 8.42 Å². The molecule has 1 saturated heterocycles. The molecule has 0 aromatic heterocycles. The van der Waals surface area contributed by atoms with Crippen molar-refractivity contribution in [3.05, 3.63) is 58.8 Å². The van der Waals surface area contributed by atoms with E-state index in [1.165, 1.54) is 37.0 Å². The van der Waals surface area contributed by atoms with E-state index < -0.39 is 15.8 Å². The second-order valence-corrected chi connectivity index (χ2v) is 11.5. The van der Waals surface area contributed by atoms with Crippen LogP contribution < -0.4 is 9.47 Å². The number of carbonyl (C=O) groups is 1. The standard InChI is InChI=1S/C28H35FN2O5S2/c1-4-6-7-8-9-10-11-18-36-25-19-21(12-17-24(25)35-3)20-26-27(32)31(5-2)28(37-26)30-38(33,34)23-15-13-22(29)14-16-23/h12-17,19-20H,4-11,18H2,1-3H3. The number of likely N-dealkylation sites (N-methyl/N-ethyl adjacent to an activating group) is 1. The van der Waals surface area contributed by atoms with E-state index in [4.69, 9.17) is 9.47 Å². The first-order valence-corrected chi connectivity index (χ1v) is 15.2. The van der Waals surface area contributed by atoms with Gasteiger partial charge in [-0.1, -0.05) is 51.5 Å². The molecule has 0 spiro atoms. The summed E-state index contributed by atoms with van der Waals surface area (Å²) in [6, 6.07) is 9.80. The number of hydrogen-bond donors (Lipinski definition) is 0. The van der Waals surface area contributed by atoms with Gasteiger partial charge in [0.05, 0.1) is 23.5 Å². The Morgan fingerprint density at radius 3 is 2.32 bits per heavy atom. The second-order valence-electron chi connectivity index (χ2n) is 8.84. The van der Waals surface area contributed by atoms with Gasteiger partial charge in [0.1, 0.15) is 5.82 Å². The second kappa shape index (κ2) is 14.3. The summed E-state index contributed by atoms with van der Waals surface area (Å²) >= 11 is 0.981. The zero-order valence-electron chi connectivity index (χ0n) is 22.1. The van der Waals surface area contributed by atoms with Crippen LogP contribution in [-0.2, 0) is 14.8 Å². The number of unbranched alkanes of at least 4 members (excludes halogenated alkanes) is 6. The van der Waals surface area contributed by atoms with Crippen molar-refractivity contribution < 1.29 is 27.1 Å². The minimum absolute atomic E-state index is 0.0528. The molecular formula is C28H35FN2O5S2. The molecule has 0 bridgehead atoms. The van der Waals surface area contributed by atoms with Crippen molar-refractivity contribution in [2.75, 3.05) is 20.3 Å². The van der Waals surface area contributed by atoms with Crippen molar-refractivity contribution >= 4 is 38.9 Å². The van der Waals surface area contributed by atoms with Crippen LogP contribution in [0.2, 0.25) is 0 Å². The van der Waals surface area contributed by atoms with Gasteiger partial charge in [-0.15, -0.1) is 4.40 Å². The molecule has 2 aromatic carbocycles. The molecule has 38 heavy (non-hydrogen) atoms. The summed E-state index contributed by atoms with van der Waals surface area (Å²) in [4.78, 5) is 14.5. The Kier molecular flexibility index (Phi) is 11.2. The first kappa shape index (κ1) is 29.7. The molecule has 0 saturated carbocycles.